The Morgan fingerprint density at radius 1 is 0.931 bits per heavy atom. The predicted octanol–water partition coefficient (Wildman–Crippen LogP) is 3.17. The van der Waals surface area contributed by atoms with Gasteiger partial charge in [0.1, 0.15) is 18.4 Å². The number of aromatic nitrogens is 1. The summed E-state index contributed by atoms with van der Waals surface area (Å²) in [4.78, 5) is 28.4. The third-order valence-electron chi connectivity index (χ3n) is 4.35. The summed E-state index contributed by atoms with van der Waals surface area (Å²) in [5.74, 6) is -0.129. The molecule has 0 saturated carbocycles. The van der Waals surface area contributed by atoms with Crippen molar-refractivity contribution in [1.82, 2.24) is 10.3 Å². The number of ether oxygens (including phenoxy) is 2. The number of carbonyl (C=O) groups excluding carboxylic acids is 2. The molecule has 0 bridgehead atoms. The molecule has 0 aliphatic heterocycles. The first-order valence-corrected chi connectivity index (χ1v) is 9.20. The maximum absolute atomic E-state index is 12.4. The number of hydrogen-bond acceptors (Lipinski definition) is 5. The lowest BCUT2D eigenvalue weighted by molar-refractivity contribution is -0.142. The van der Waals surface area contributed by atoms with Gasteiger partial charge in [-0.1, -0.05) is 42.5 Å². The molecule has 6 heteroatoms. The van der Waals surface area contributed by atoms with Crippen molar-refractivity contribution >= 4 is 11.9 Å². The van der Waals surface area contributed by atoms with Crippen LogP contribution in [0, 0.1) is 0 Å². The summed E-state index contributed by atoms with van der Waals surface area (Å²) in [6.45, 7) is 0.479. The summed E-state index contributed by atoms with van der Waals surface area (Å²) in [6, 6.07) is 19.7. The topological polar surface area (TPSA) is 77.5 Å². The number of esters is 1. The van der Waals surface area contributed by atoms with E-state index < -0.39 is 12.0 Å². The van der Waals surface area contributed by atoms with Crippen molar-refractivity contribution in [1.29, 1.82) is 0 Å². The van der Waals surface area contributed by atoms with Gasteiger partial charge in [-0.15, -0.1) is 0 Å². The van der Waals surface area contributed by atoms with Crippen LogP contribution in [0.5, 0.6) is 5.75 Å². The zero-order valence-corrected chi connectivity index (χ0v) is 16.1. The highest BCUT2D eigenvalue weighted by molar-refractivity contribution is 5.96. The molecule has 0 spiro atoms. The molecule has 29 heavy (non-hydrogen) atoms. The summed E-state index contributed by atoms with van der Waals surface area (Å²) in [5, 5.41) is 2.72. The average molecular weight is 390 g/mol. The molecule has 0 aliphatic carbocycles. The second-order valence-electron chi connectivity index (χ2n) is 6.41. The van der Waals surface area contributed by atoms with Gasteiger partial charge in [0.15, 0.2) is 0 Å². The first-order chi connectivity index (χ1) is 14.2. The van der Waals surface area contributed by atoms with Crippen LogP contribution < -0.4 is 10.1 Å². The molecule has 1 heterocycles. The third kappa shape index (κ3) is 5.90. The molecular weight excluding hydrogens is 368 g/mol. The van der Waals surface area contributed by atoms with Crippen LogP contribution >= 0.6 is 0 Å². The molecule has 3 rings (SSSR count). The fourth-order valence-electron chi connectivity index (χ4n) is 2.78. The van der Waals surface area contributed by atoms with E-state index >= 15 is 0 Å². The van der Waals surface area contributed by atoms with Gasteiger partial charge in [-0.05, 0) is 35.4 Å². The minimum Gasteiger partial charge on any atom is -0.489 e. The van der Waals surface area contributed by atoms with E-state index in [4.69, 9.17) is 9.47 Å². The minimum atomic E-state index is -0.795. The van der Waals surface area contributed by atoms with Crippen LogP contribution in [0.15, 0.2) is 79.1 Å². The molecule has 1 N–H and O–H groups in total. The van der Waals surface area contributed by atoms with Crippen LogP contribution in [0.3, 0.4) is 0 Å². The lowest BCUT2D eigenvalue weighted by Crippen LogP contribution is -2.43. The summed E-state index contributed by atoms with van der Waals surface area (Å²) in [5.41, 5.74) is 2.39. The fraction of sp³-hybridized carbons (Fsp3) is 0.174. The van der Waals surface area contributed by atoms with Crippen LogP contribution in [0.4, 0.5) is 0 Å². The van der Waals surface area contributed by atoms with E-state index in [2.05, 4.69) is 10.3 Å². The van der Waals surface area contributed by atoms with E-state index in [9.17, 15) is 9.59 Å². The maximum atomic E-state index is 12.4. The molecular formula is C23H22N2O4. The molecule has 0 saturated heterocycles. The highest BCUT2D eigenvalue weighted by Crippen LogP contribution is 2.16. The molecule has 1 amide bonds. The Labute approximate surface area is 169 Å². The molecule has 1 atom stereocenters. The van der Waals surface area contributed by atoms with Crippen molar-refractivity contribution in [3.63, 3.8) is 0 Å². The molecule has 0 unspecified atom stereocenters. The van der Waals surface area contributed by atoms with Crippen molar-refractivity contribution in [2.75, 3.05) is 7.11 Å². The number of benzene rings is 2. The van der Waals surface area contributed by atoms with E-state index in [1.54, 1.807) is 12.1 Å². The fourth-order valence-corrected chi connectivity index (χ4v) is 2.78. The van der Waals surface area contributed by atoms with E-state index in [0.717, 1.165) is 16.9 Å². The first-order valence-electron chi connectivity index (χ1n) is 9.20. The SMILES string of the molecule is COC(=O)[C@@H](Cc1ccc(OCc2ccccc2)cc1)NC(=O)c1ccncc1. The summed E-state index contributed by atoms with van der Waals surface area (Å²) in [6.07, 6.45) is 3.36. The second kappa shape index (κ2) is 10.0. The number of nitrogens with one attached hydrogen (secondary N) is 1. The van der Waals surface area contributed by atoms with Crippen LogP contribution in [-0.4, -0.2) is 30.0 Å². The zero-order valence-electron chi connectivity index (χ0n) is 16.1. The Bertz CT molecular complexity index is 928. The lowest BCUT2D eigenvalue weighted by atomic mass is 10.1. The molecule has 6 nitrogen and oxygen atoms in total. The van der Waals surface area contributed by atoms with Gasteiger partial charge in [0, 0.05) is 24.4 Å². The molecule has 0 radical (unpaired) electrons. The smallest absolute Gasteiger partial charge is 0.328 e. The molecule has 3 aromatic rings. The number of rotatable bonds is 8. The van der Waals surface area contributed by atoms with Gasteiger partial charge >= 0.3 is 5.97 Å². The normalized spacial score (nSPS) is 11.3. The van der Waals surface area contributed by atoms with Crippen LogP contribution in [0.1, 0.15) is 21.5 Å². The number of hydrogen-bond donors (Lipinski definition) is 1. The summed E-state index contributed by atoms with van der Waals surface area (Å²) >= 11 is 0. The highest BCUT2D eigenvalue weighted by Gasteiger charge is 2.22. The number of methoxy groups -OCH3 is 1. The minimum absolute atomic E-state index is 0.308. The van der Waals surface area contributed by atoms with Gasteiger partial charge in [-0.2, -0.15) is 0 Å². The van der Waals surface area contributed by atoms with Crippen LogP contribution in [0.2, 0.25) is 0 Å². The largest absolute Gasteiger partial charge is 0.489 e. The number of carbonyl (C=O) groups is 2. The molecule has 2 aromatic carbocycles. The van der Waals surface area contributed by atoms with Crippen molar-refractivity contribution in [3.8, 4) is 5.75 Å². The maximum Gasteiger partial charge on any atom is 0.328 e. The Kier molecular flexibility index (Phi) is 6.95. The molecule has 0 fully saturated rings. The van der Waals surface area contributed by atoms with Gasteiger partial charge in [0.05, 0.1) is 7.11 Å². The first kappa shape index (κ1) is 20.1. The lowest BCUT2D eigenvalue weighted by Gasteiger charge is -2.17. The number of nitrogens with zero attached hydrogens (tertiary/aromatic N) is 1. The van der Waals surface area contributed by atoms with E-state index in [0.29, 0.717) is 18.6 Å². The predicted molar refractivity (Wildman–Crippen MR) is 108 cm³/mol. The second-order valence-corrected chi connectivity index (χ2v) is 6.41. The zero-order chi connectivity index (χ0) is 20.5. The van der Waals surface area contributed by atoms with Crippen molar-refractivity contribution in [3.05, 3.63) is 95.8 Å². The van der Waals surface area contributed by atoms with E-state index in [1.807, 2.05) is 54.6 Å². The summed E-state index contributed by atoms with van der Waals surface area (Å²) < 4.78 is 10.6. The Morgan fingerprint density at radius 3 is 2.28 bits per heavy atom. The van der Waals surface area contributed by atoms with Gasteiger partial charge in [0.25, 0.3) is 5.91 Å². The van der Waals surface area contributed by atoms with Crippen molar-refractivity contribution < 1.29 is 19.1 Å². The quantitative estimate of drug-likeness (QED) is 0.598. The molecule has 0 aliphatic rings. The van der Waals surface area contributed by atoms with Crippen molar-refractivity contribution in [2.24, 2.45) is 0 Å². The van der Waals surface area contributed by atoms with Gasteiger partial charge in [0.2, 0.25) is 0 Å². The van der Waals surface area contributed by atoms with E-state index in [-0.39, 0.29) is 5.91 Å². The molecule has 148 valence electrons. The summed E-state index contributed by atoms with van der Waals surface area (Å²) in [7, 11) is 1.30. The Morgan fingerprint density at radius 2 is 1.62 bits per heavy atom. The third-order valence-corrected chi connectivity index (χ3v) is 4.35. The van der Waals surface area contributed by atoms with E-state index in [1.165, 1.54) is 19.5 Å². The number of amides is 1. The van der Waals surface area contributed by atoms with Gasteiger partial charge in [-0.3, -0.25) is 9.78 Å². The molecule has 1 aromatic heterocycles. The van der Waals surface area contributed by atoms with Gasteiger partial charge < -0.3 is 14.8 Å². The van der Waals surface area contributed by atoms with Crippen LogP contribution in [-0.2, 0) is 22.6 Å². The Hall–Kier alpha value is -3.67. The van der Waals surface area contributed by atoms with Crippen molar-refractivity contribution in [2.45, 2.75) is 19.1 Å². The van der Waals surface area contributed by atoms with Crippen LogP contribution in [0.25, 0.3) is 0 Å². The van der Waals surface area contributed by atoms with Gasteiger partial charge in [-0.25, -0.2) is 4.79 Å². The average Bonchev–Trinajstić information content (AvgIpc) is 2.78. The standard InChI is InChI=1S/C23H22N2O4/c1-28-23(27)21(25-22(26)19-11-13-24-14-12-19)15-17-7-9-20(10-8-17)29-16-18-5-3-2-4-6-18/h2-14,21H,15-16H2,1H3,(H,25,26)/t21-/m1/s1. The number of pyridine rings is 1. The Balaban J connectivity index is 1.61. The highest BCUT2D eigenvalue weighted by atomic mass is 16.5. The monoisotopic (exact) mass is 390 g/mol.